The zero-order chi connectivity index (χ0) is 9.07. The molecule has 0 aliphatic rings. The number of allylic oxidation sites excluding steroid dienone is 8. The molecule has 0 unspecified atom stereocenters. The van der Waals surface area contributed by atoms with E-state index in [2.05, 4.69) is 36.5 Å². The Kier molecular flexibility index (Phi) is 9.10. The maximum Gasteiger partial charge on any atom is -0.0166 e. The van der Waals surface area contributed by atoms with Gasteiger partial charge in [-0.05, 0) is 26.7 Å². The lowest BCUT2D eigenvalue weighted by molar-refractivity contribution is 1.30. The Labute approximate surface area is 76.0 Å². The van der Waals surface area contributed by atoms with E-state index in [4.69, 9.17) is 0 Å². The van der Waals surface area contributed by atoms with Crippen LogP contribution in [0.4, 0.5) is 0 Å². The second kappa shape index (κ2) is 9.96. The molecule has 0 heterocycles. The number of hydrogen-bond acceptors (Lipinski definition) is 0. The van der Waals surface area contributed by atoms with Crippen LogP contribution in [-0.2, 0) is 0 Å². The minimum atomic E-state index is 1.03. The third-order valence-corrected chi connectivity index (χ3v) is 1.39. The van der Waals surface area contributed by atoms with Crippen LogP contribution in [0.5, 0.6) is 0 Å². The largest absolute Gasteiger partial charge is 0.0914 e. The molecular weight excluding hydrogens is 144 g/mol. The second-order valence-electron chi connectivity index (χ2n) is 2.47. The van der Waals surface area contributed by atoms with Crippen LogP contribution in [-0.4, -0.2) is 0 Å². The van der Waals surface area contributed by atoms with Crippen molar-refractivity contribution in [3.63, 3.8) is 0 Å². The van der Waals surface area contributed by atoms with Crippen LogP contribution in [0.3, 0.4) is 0 Å². The van der Waals surface area contributed by atoms with Crippen molar-refractivity contribution in [2.45, 2.75) is 26.7 Å². The molecule has 0 saturated carbocycles. The van der Waals surface area contributed by atoms with Crippen molar-refractivity contribution in [2.24, 2.45) is 0 Å². The lowest BCUT2D eigenvalue weighted by atomic mass is 10.3. The molecule has 0 saturated heterocycles. The van der Waals surface area contributed by atoms with Gasteiger partial charge in [-0.25, -0.2) is 0 Å². The summed E-state index contributed by atoms with van der Waals surface area (Å²) < 4.78 is 0. The highest BCUT2D eigenvalue weighted by atomic mass is 13.8. The van der Waals surface area contributed by atoms with Crippen LogP contribution >= 0.6 is 0 Å². The van der Waals surface area contributed by atoms with Gasteiger partial charge in [-0.3, -0.25) is 0 Å². The van der Waals surface area contributed by atoms with Crippen molar-refractivity contribution < 1.29 is 0 Å². The van der Waals surface area contributed by atoms with Gasteiger partial charge in [0.2, 0.25) is 0 Å². The first-order valence-corrected chi connectivity index (χ1v) is 4.45. The molecule has 0 amide bonds. The van der Waals surface area contributed by atoms with Crippen molar-refractivity contribution in [2.75, 3.05) is 0 Å². The fraction of sp³-hybridized carbons (Fsp3) is 0.333. The van der Waals surface area contributed by atoms with Crippen LogP contribution in [0, 0.1) is 0 Å². The van der Waals surface area contributed by atoms with Gasteiger partial charge in [0.1, 0.15) is 0 Å². The van der Waals surface area contributed by atoms with Gasteiger partial charge in [-0.2, -0.15) is 0 Å². The van der Waals surface area contributed by atoms with E-state index in [9.17, 15) is 0 Å². The molecular formula is C12H18. The molecule has 0 N–H and O–H groups in total. The van der Waals surface area contributed by atoms with Gasteiger partial charge >= 0.3 is 0 Å². The number of rotatable bonds is 5. The Bertz CT molecular complexity index is 180. The molecule has 0 aromatic heterocycles. The summed E-state index contributed by atoms with van der Waals surface area (Å²) in [7, 11) is 0. The van der Waals surface area contributed by atoms with Gasteiger partial charge in [-0.1, -0.05) is 48.6 Å². The third-order valence-electron chi connectivity index (χ3n) is 1.39. The van der Waals surface area contributed by atoms with Gasteiger partial charge in [0.05, 0.1) is 0 Å². The summed E-state index contributed by atoms with van der Waals surface area (Å²) in [5.74, 6) is 0. The van der Waals surface area contributed by atoms with E-state index in [1.54, 1.807) is 0 Å². The minimum Gasteiger partial charge on any atom is -0.0914 e. The highest BCUT2D eigenvalue weighted by Gasteiger charge is 1.69. The summed E-state index contributed by atoms with van der Waals surface area (Å²) in [4.78, 5) is 0. The van der Waals surface area contributed by atoms with Crippen molar-refractivity contribution in [3.05, 3.63) is 48.6 Å². The molecule has 0 radical (unpaired) electrons. The van der Waals surface area contributed by atoms with Gasteiger partial charge in [0.15, 0.2) is 0 Å². The van der Waals surface area contributed by atoms with E-state index in [0.29, 0.717) is 0 Å². The molecule has 0 fully saturated rings. The Balaban J connectivity index is 3.35. The van der Waals surface area contributed by atoms with Crippen LogP contribution in [0.25, 0.3) is 0 Å². The Hall–Kier alpha value is -1.04. The molecule has 12 heavy (non-hydrogen) atoms. The van der Waals surface area contributed by atoms with Crippen LogP contribution in [0.1, 0.15) is 26.7 Å². The van der Waals surface area contributed by atoms with E-state index in [-0.39, 0.29) is 0 Å². The highest BCUT2D eigenvalue weighted by molar-refractivity contribution is 5.04. The summed E-state index contributed by atoms with van der Waals surface area (Å²) in [6.07, 6.45) is 18.9. The Morgan fingerprint density at radius 2 is 1.33 bits per heavy atom. The van der Waals surface area contributed by atoms with E-state index in [1.807, 2.05) is 26.0 Å². The molecule has 0 atom stereocenters. The summed E-state index contributed by atoms with van der Waals surface area (Å²) in [5.41, 5.74) is 0. The summed E-state index contributed by atoms with van der Waals surface area (Å²) in [6, 6.07) is 0. The molecule has 66 valence electrons. The second-order valence-corrected chi connectivity index (χ2v) is 2.47. The average Bonchev–Trinajstić information content (AvgIpc) is 2.10. The van der Waals surface area contributed by atoms with Crippen molar-refractivity contribution in [1.82, 2.24) is 0 Å². The first-order valence-electron chi connectivity index (χ1n) is 4.45. The first kappa shape index (κ1) is 11.0. The lowest BCUT2D eigenvalue weighted by Gasteiger charge is -1.80. The fourth-order valence-corrected chi connectivity index (χ4v) is 0.754. The maximum atomic E-state index is 2.18. The molecule has 0 aromatic carbocycles. The van der Waals surface area contributed by atoms with E-state index in [0.717, 1.165) is 12.8 Å². The maximum absolute atomic E-state index is 2.18. The summed E-state index contributed by atoms with van der Waals surface area (Å²) in [6.45, 7) is 4.06. The predicted octanol–water partition coefficient (Wildman–Crippen LogP) is 4.03. The molecule has 0 heteroatoms. The molecule has 0 aliphatic carbocycles. The summed E-state index contributed by atoms with van der Waals surface area (Å²) >= 11 is 0. The molecule has 0 aromatic rings. The Morgan fingerprint density at radius 3 is 1.92 bits per heavy atom. The molecule has 0 rings (SSSR count). The molecule has 0 spiro atoms. The molecule has 0 bridgehead atoms. The zero-order valence-corrected chi connectivity index (χ0v) is 8.03. The zero-order valence-electron chi connectivity index (χ0n) is 8.03. The van der Waals surface area contributed by atoms with E-state index >= 15 is 0 Å². The smallest absolute Gasteiger partial charge is 0.0166 e. The van der Waals surface area contributed by atoms with Crippen molar-refractivity contribution in [1.29, 1.82) is 0 Å². The normalized spacial score (nSPS) is 13.2. The van der Waals surface area contributed by atoms with Crippen LogP contribution in [0.15, 0.2) is 48.6 Å². The monoisotopic (exact) mass is 162 g/mol. The lowest BCUT2D eigenvalue weighted by Crippen LogP contribution is -1.59. The van der Waals surface area contributed by atoms with Gasteiger partial charge < -0.3 is 0 Å². The topological polar surface area (TPSA) is 0 Å². The molecule has 0 nitrogen and oxygen atoms in total. The predicted molar refractivity (Wildman–Crippen MR) is 57.1 cm³/mol. The minimum absolute atomic E-state index is 1.03. The fourth-order valence-electron chi connectivity index (χ4n) is 0.754. The number of hydrogen-bond donors (Lipinski definition) is 0. The standard InChI is InChI=1S/C12H18/c1-3-5-7-9-11-12-10-8-6-4-2/h3-7,9-10,12H,8,11H2,1-2H3. The highest BCUT2D eigenvalue weighted by Crippen LogP contribution is 1.90. The SMILES string of the molecule is CC=CC=CCC=CCC=CC. The van der Waals surface area contributed by atoms with Crippen LogP contribution < -0.4 is 0 Å². The third kappa shape index (κ3) is 8.96. The van der Waals surface area contributed by atoms with Crippen molar-refractivity contribution in [3.8, 4) is 0 Å². The summed E-state index contributed by atoms with van der Waals surface area (Å²) in [5, 5.41) is 0. The quantitative estimate of drug-likeness (QED) is 0.423. The van der Waals surface area contributed by atoms with Gasteiger partial charge in [0, 0.05) is 0 Å². The van der Waals surface area contributed by atoms with Gasteiger partial charge in [0.25, 0.3) is 0 Å². The Morgan fingerprint density at radius 1 is 0.667 bits per heavy atom. The first-order chi connectivity index (χ1) is 5.91. The van der Waals surface area contributed by atoms with Crippen molar-refractivity contribution >= 4 is 0 Å². The van der Waals surface area contributed by atoms with Crippen LogP contribution in [0.2, 0.25) is 0 Å². The van der Waals surface area contributed by atoms with Gasteiger partial charge in [-0.15, -0.1) is 0 Å². The van der Waals surface area contributed by atoms with E-state index in [1.165, 1.54) is 0 Å². The average molecular weight is 162 g/mol. The van der Waals surface area contributed by atoms with E-state index < -0.39 is 0 Å². The molecule has 0 aliphatic heterocycles.